The highest BCUT2D eigenvalue weighted by Crippen LogP contribution is 2.28. The molecule has 8 aliphatic heterocycles. The summed E-state index contributed by atoms with van der Waals surface area (Å²) in [6.07, 6.45) is -17.8. The van der Waals surface area contributed by atoms with E-state index in [9.17, 15) is 66.4 Å². The molecule has 8 heterocycles. The summed E-state index contributed by atoms with van der Waals surface area (Å²) in [4.78, 5) is 5.50. The number of unbranched alkanes of at least 4 members (excludes halogenated alkanes) is 2. The van der Waals surface area contributed by atoms with Crippen molar-refractivity contribution in [3.8, 4) is 0 Å². The maximum Gasteiger partial charge on any atom is 0.109 e. The van der Waals surface area contributed by atoms with Gasteiger partial charge in [-0.05, 0) is 39.3 Å². The number of hydrogen-bond acceptors (Lipinski definition) is 34. The zero-order valence-electron chi connectivity index (χ0n) is 50.5. The first-order chi connectivity index (χ1) is 40.5. The van der Waals surface area contributed by atoms with Gasteiger partial charge < -0.3 is 159 Å². The van der Waals surface area contributed by atoms with Crippen molar-refractivity contribution < 1.29 is 138 Å². The van der Waals surface area contributed by atoms with E-state index in [0.717, 1.165) is 38.8 Å². The summed E-state index contributed by atoms with van der Waals surface area (Å²) in [6, 6.07) is -3.07. The topological polar surface area (TPSA) is 604 Å². The Morgan fingerprint density at radius 1 is 0.326 bits per heavy atom. The molecule has 29 atom stereocenters. The van der Waals surface area contributed by atoms with E-state index in [1.165, 1.54) is 0 Å². The molecule has 8 fully saturated rings. The summed E-state index contributed by atoms with van der Waals surface area (Å²) < 4.78 is 0. The maximum atomic E-state index is 9.67. The highest BCUT2D eigenvalue weighted by Gasteiger charge is 2.48. The van der Waals surface area contributed by atoms with Gasteiger partial charge in [0.2, 0.25) is 0 Å². The standard InChI is InChI=1S/2C10H21NO4.C8H15NO4.3C6H13NO4.C6H13NO3.3ClH/c2*1-2-3-4-11-5-8(13)10(15)9(14)7(11)6-12;10-4-1-2-9-3-5(11)7(12)8(13)6(4)9;3*8-2-3-5(10)6(11)4(9)1-7-3;1-3-5(9)6(10)4(8)2-7-3;;;/h2*7-10,12-15H,2-6H2,1H3;4-8,10-13H,1-3H2;3*3-11H,1-2H2;3-10H,2H2,1H3;3*1H/t7-,8+,9+,10-;7-,8+,9-,10-;4-,5-,6?,7+,8+;3-,4+,5+,6-;3-,4+,5-,6-;3-,4-,5-,6-;3-,4+,5+,6-;;;/m1101110.../s1. The molecule has 538 valence electrons. The molecule has 8 rings (SSSR count). The Balaban J connectivity index is 0. The fourth-order valence-corrected chi connectivity index (χ4v) is 10.8. The predicted octanol–water partition coefficient (Wildman–Crippen LogP) is -15.0. The van der Waals surface area contributed by atoms with Gasteiger partial charge in [0.25, 0.3) is 0 Å². The molecule has 0 aromatic heterocycles. The van der Waals surface area contributed by atoms with Crippen molar-refractivity contribution in [2.24, 2.45) is 0 Å². The lowest BCUT2D eigenvalue weighted by atomic mass is 9.93. The Labute approximate surface area is 537 Å². The summed E-state index contributed by atoms with van der Waals surface area (Å²) >= 11 is 0. The lowest BCUT2D eigenvalue weighted by Crippen LogP contribution is -2.62. The summed E-state index contributed by atoms with van der Waals surface area (Å²) in [5.41, 5.74) is 0. The smallest absolute Gasteiger partial charge is 0.109 e. The highest BCUT2D eigenvalue weighted by molar-refractivity contribution is 5.86. The van der Waals surface area contributed by atoms with Crippen molar-refractivity contribution >= 4 is 37.2 Å². The van der Waals surface area contributed by atoms with Gasteiger partial charge in [0.15, 0.2) is 0 Å². The second-order valence-electron chi connectivity index (χ2n) is 23.2. The van der Waals surface area contributed by atoms with Gasteiger partial charge in [-0.15, -0.1) is 37.2 Å². The second-order valence-corrected chi connectivity index (χ2v) is 23.2. The van der Waals surface area contributed by atoms with Crippen molar-refractivity contribution in [2.75, 3.05) is 98.5 Å². The number of piperidine rings is 7. The first-order valence-corrected chi connectivity index (χ1v) is 29.6. The SMILES string of the molecule is CCCCN1C[C@H](O)[C@@H](O)[C@@H](O)[C@H]1CO.CCCCN1C[C@H](O)[C@@H](O)[C@H](O)[C@H]1CO.C[C@@H]1NC[C@@H](O)[C@H](O)[C@@H]1O.Cl.Cl.Cl.OC[C@H]1NC[C@@H](O)[C@@H](O)[C@@H]1O.OC[C@H]1NC[C@H](O)[C@@H](O)[C@@H]1O.OC[C@H]1NC[C@H](O)[C@@H](O)[C@H]1O.O[C@H]1[C@H](O)C2[C@@H](O)CCN2C[C@@H]1O. The fourth-order valence-electron chi connectivity index (χ4n) is 10.8. The summed E-state index contributed by atoms with van der Waals surface area (Å²) in [5, 5.41) is 259. The lowest BCUT2D eigenvalue weighted by Gasteiger charge is -2.43. The van der Waals surface area contributed by atoms with Crippen molar-refractivity contribution in [1.29, 1.82) is 0 Å². The number of aliphatic hydroxyl groups is 27. The quantitative estimate of drug-likeness (QED) is 0.0913. The third kappa shape index (κ3) is 26.8. The monoisotopic (exact) mass is 1370 g/mol. The van der Waals surface area contributed by atoms with Crippen LogP contribution in [0.1, 0.15) is 52.9 Å². The van der Waals surface area contributed by atoms with Crippen LogP contribution >= 0.6 is 37.2 Å². The molecule has 0 spiro atoms. The zero-order chi connectivity index (χ0) is 65.4. The minimum absolute atomic E-state index is 0. The molecule has 8 aliphatic rings. The van der Waals surface area contributed by atoms with Crippen LogP contribution in [0.25, 0.3) is 0 Å². The van der Waals surface area contributed by atoms with Crippen LogP contribution in [0.15, 0.2) is 0 Å². The first-order valence-electron chi connectivity index (χ1n) is 29.6. The molecular weight excluding hydrogens is 1260 g/mol. The molecule has 34 nitrogen and oxygen atoms in total. The van der Waals surface area contributed by atoms with E-state index in [1.54, 1.807) is 6.92 Å². The number of rotatable bonds is 11. The Morgan fingerprint density at radius 3 is 0.921 bits per heavy atom. The van der Waals surface area contributed by atoms with Gasteiger partial charge in [-0.3, -0.25) is 14.7 Å². The van der Waals surface area contributed by atoms with Crippen molar-refractivity contribution in [3.63, 3.8) is 0 Å². The molecular formula is C52H112Cl3N7O27. The van der Waals surface area contributed by atoms with Crippen LogP contribution in [0.3, 0.4) is 0 Å². The molecule has 0 aromatic carbocycles. The second kappa shape index (κ2) is 45.9. The minimum atomic E-state index is -1.16. The van der Waals surface area contributed by atoms with Crippen LogP contribution in [-0.4, -0.2) is 428 Å². The number of nitrogens with zero attached hydrogens (tertiary/aromatic N) is 3. The van der Waals surface area contributed by atoms with Gasteiger partial charge in [-0.1, -0.05) is 26.7 Å². The molecule has 0 amide bonds. The van der Waals surface area contributed by atoms with E-state index in [1.807, 2.05) is 14.7 Å². The van der Waals surface area contributed by atoms with Gasteiger partial charge >= 0.3 is 0 Å². The Kier molecular flexibility index (Phi) is 46.7. The zero-order valence-corrected chi connectivity index (χ0v) is 53.0. The van der Waals surface area contributed by atoms with Gasteiger partial charge in [-0.25, -0.2) is 0 Å². The molecule has 31 N–H and O–H groups in total. The van der Waals surface area contributed by atoms with Gasteiger partial charge in [-0.2, -0.15) is 0 Å². The number of hydrogen-bond donors (Lipinski definition) is 31. The van der Waals surface area contributed by atoms with Crippen LogP contribution in [0, 0.1) is 0 Å². The van der Waals surface area contributed by atoms with E-state index >= 15 is 0 Å². The summed E-state index contributed by atoms with van der Waals surface area (Å²) in [6.45, 7) is 8.75. The summed E-state index contributed by atoms with van der Waals surface area (Å²) in [7, 11) is 0. The molecule has 0 aromatic rings. The van der Waals surface area contributed by atoms with Crippen molar-refractivity contribution in [3.05, 3.63) is 0 Å². The Hall–Kier alpha value is -0.490. The van der Waals surface area contributed by atoms with E-state index in [0.29, 0.717) is 39.1 Å². The van der Waals surface area contributed by atoms with Gasteiger partial charge in [0.05, 0.1) is 143 Å². The normalized spacial score (nSPS) is 43.0. The number of halogens is 3. The highest BCUT2D eigenvalue weighted by atomic mass is 35.5. The van der Waals surface area contributed by atoms with Crippen LogP contribution in [0.2, 0.25) is 0 Å². The largest absolute Gasteiger partial charge is 0.395 e. The van der Waals surface area contributed by atoms with Crippen LogP contribution in [-0.2, 0) is 0 Å². The average Bonchev–Trinajstić information content (AvgIpc) is 2.31. The van der Waals surface area contributed by atoms with Crippen molar-refractivity contribution in [2.45, 2.75) is 229 Å². The van der Waals surface area contributed by atoms with Crippen LogP contribution in [0.4, 0.5) is 0 Å². The third-order valence-electron chi connectivity index (χ3n) is 16.8. The van der Waals surface area contributed by atoms with Crippen LogP contribution in [0.5, 0.6) is 0 Å². The number of aliphatic hydroxyl groups excluding tert-OH is 27. The molecule has 8 saturated heterocycles. The fraction of sp³-hybridized carbons (Fsp3) is 1.00. The molecule has 0 bridgehead atoms. The molecule has 0 saturated carbocycles. The average molecular weight is 1370 g/mol. The third-order valence-corrected chi connectivity index (χ3v) is 16.8. The molecule has 1 unspecified atom stereocenters. The van der Waals surface area contributed by atoms with Crippen molar-refractivity contribution in [1.82, 2.24) is 36.0 Å². The predicted molar refractivity (Wildman–Crippen MR) is 323 cm³/mol. The molecule has 0 aliphatic carbocycles. The van der Waals surface area contributed by atoms with Crippen LogP contribution < -0.4 is 21.3 Å². The Bertz CT molecular complexity index is 1650. The lowest BCUT2D eigenvalue weighted by molar-refractivity contribution is -0.145. The minimum Gasteiger partial charge on any atom is -0.395 e. The van der Waals surface area contributed by atoms with E-state index in [-0.39, 0.29) is 95.9 Å². The Morgan fingerprint density at radius 2 is 0.618 bits per heavy atom. The number of likely N-dealkylation sites (tertiary alicyclic amines) is 2. The molecule has 89 heavy (non-hydrogen) atoms. The molecule has 0 radical (unpaired) electrons. The van der Waals surface area contributed by atoms with E-state index < -0.39 is 171 Å². The van der Waals surface area contributed by atoms with Gasteiger partial charge in [0, 0.05) is 58.4 Å². The summed E-state index contributed by atoms with van der Waals surface area (Å²) in [5.74, 6) is 0. The number of nitrogens with one attached hydrogen (secondary N) is 4. The first kappa shape index (κ1) is 90.6. The number of fused-ring (bicyclic) bond motifs is 1. The van der Waals surface area contributed by atoms with E-state index in [4.69, 9.17) is 71.5 Å². The molecule has 37 heteroatoms. The number of β-amino-alcohol motifs (C(OH)–C–C–N with tert-alkyl or cyclic N) is 6. The maximum absolute atomic E-state index is 9.67. The van der Waals surface area contributed by atoms with E-state index in [2.05, 4.69) is 35.1 Å². The van der Waals surface area contributed by atoms with Gasteiger partial charge in [0.1, 0.15) is 61.0 Å².